The second-order valence-corrected chi connectivity index (χ2v) is 15.1. The Labute approximate surface area is 220 Å². The summed E-state index contributed by atoms with van der Waals surface area (Å²) >= 11 is 0. The second kappa shape index (κ2) is 10.3. The van der Waals surface area contributed by atoms with E-state index in [1.807, 2.05) is 19.1 Å². The predicted octanol–water partition coefficient (Wildman–Crippen LogP) is 1.28. The minimum atomic E-state index is -5.22. The van der Waals surface area contributed by atoms with Crippen molar-refractivity contribution in [1.29, 1.82) is 0 Å². The Hall–Kier alpha value is -1.78. The first-order chi connectivity index (χ1) is 17.6. The van der Waals surface area contributed by atoms with Crippen molar-refractivity contribution >= 4 is 27.0 Å². The topological polar surface area (TPSA) is 214 Å². The fourth-order valence-corrected chi connectivity index (χ4v) is 9.53. The van der Waals surface area contributed by atoms with Gasteiger partial charge in [-0.15, -0.1) is 0 Å². The molecule has 12 nitrogen and oxygen atoms in total. The average molecular weight is 575 g/mol. The zero-order valence-electron chi connectivity index (χ0n) is 21.1. The smallest absolute Gasteiger partial charge is 0.341 e. The molecule has 3 aliphatic carbocycles. The number of phenolic OH excluding ortho intramolecular Hbond substituents is 1. The molecule has 2 amide bonds. The summed E-state index contributed by atoms with van der Waals surface area (Å²) in [7, 11) is -10.4. The maximum absolute atomic E-state index is 13.2. The minimum absolute atomic E-state index is 0.0763. The number of carbonyl (C=O) groups is 2. The van der Waals surface area contributed by atoms with Crippen molar-refractivity contribution in [2.75, 3.05) is 13.1 Å². The van der Waals surface area contributed by atoms with Gasteiger partial charge in [-0.2, -0.15) is 0 Å². The molecule has 0 heterocycles. The third-order valence-corrected chi connectivity index (χ3v) is 12.8. The van der Waals surface area contributed by atoms with Gasteiger partial charge < -0.3 is 40.4 Å². The van der Waals surface area contributed by atoms with Crippen molar-refractivity contribution in [2.24, 2.45) is 17.3 Å². The monoisotopic (exact) mass is 574 g/mol. The molecule has 8 N–H and O–H groups in total. The number of carbonyl (C=O) groups excluding carboxylic acids is 2. The number of aryl methyl sites for hydroxylation is 1. The quantitative estimate of drug-likeness (QED) is 0.164. The van der Waals surface area contributed by atoms with E-state index in [-0.39, 0.29) is 24.8 Å². The van der Waals surface area contributed by atoms with Crippen molar-refractivity contribution in [2.45, 2.75) is 68.8 Å². The van der Waals surface area contributed by atoms with Gasteiger partial charge in [-0.1, -0.05) is 13.0 Å². The molecule has 14 heteroatoms. The normalized spacial score (nSPS) is 30.8. The van der Waals surface area contributed by atoms with Crippen LogP contribution in [0.2, 0.25) is 0 Å². The van der Waals surface area contributed by atoms with Crippen molar-refractivity contribution in [3.63, 3.8) is 0 Å². The third kappa shape index (κ3) is 5.32. The molecule has 38 heavy (non-hydrogen) atoms. The molecule has 4 rings (SSSR count). The standard InChI is InChI=1S/C24H36N2O10P2/c1-23-8-6-17-16-5-3-15(27)12-14(16)2-4-18(17)19(23)7-9-24(23,30)22(29)26-11-10-25-20(28)13-21(37(31,32)33)38(34,35)36/h3,5,12,17-19,21,27,30H,2,4,6-11,13H2,1H3,(H,25,28)(H,26,29)(H2,31,32,33)(H2,34,35,36)/t17?,18?,19?,23-,24-/m0/s1. The molecule has 5 atom stereocenters. The zero-order valence-corrected chi connectivity index (χ0v) is 22.9. The number of aromatic hydroxyl groups is 1. The van der Waals surface area contributed by atoms with E-state index in [2.05, 4.69) is 10.6 Å². The predicted molar refractivity (Wildman–Crippen MR) is 136 cm³/mol. The van der Waals surface area contributed by atoms with Crippen molar-refractivity contribution in [1.82, 2.24) is 10.6 Å². The lowest BCUT2D eigenvalue weighted by molar-refractivity contribution is -0.159. The molecule has 212 valence electrons. The number of rotatable bonds is 8. The Morgan fingerprint density at radius 3 is 2.34 bits per heavy atom. The van der Waals surface area contributed by atoms with Crippen LogP contribution in [0.15, 0.2) is 18.2 Å². The fourth-order valence-electron chi connectivity index (χ4n) is 7.15. The van der Waals surface area contributed by atoms with E-state index in [9.17, 15) is 28.9 Å². The van der Waals surface area contributed by atoms with E-state index >= 15 is 0 Å². The van der Waals surface area contributed by atoms with Crippen LogP contribution >= 0.6 is 15.2 Å². The van der Waals surface area contributed by atoms with Crippen LogP contribution in [0.5, 0.6) is 5.75 Å². The lowest BCUT2D eigenvalue weighted by Crippen LogP contribution is -2.59. The van der Waals surface area contributed by atoms with Crippen molar-refractivity contribution in [3.05, 3.63) is 29.3 Å². The van der Waals surface area contributed by atoms with Gasteiger partial charge in [0.1, 0.15) is 11.4 Å². The number of hydrogen-bond acceptors (Lipinski definition) is 6. The summed E-state index contributed by atoms with van der Waals surface area (Å²) in [5, 5.41) is 24.0. The number of nitrogens with one attached hydrogen (secondary N) is 2. The van der Waals surface area contributed by atoms with Crippen LogP contribution in [0.4, 0.5) is 0 Å². The highest BCUT2D eigenvalue weighted by molar-refractivity contribution is 7.70. The molecule has 0 aliphatic heterocycles. The number of aliphatic hydroxyl groups is 1. The minimum Gasteiger partial charge on any atom is -0.508 e. The summed E-state index contributed by atoms with van der Waals surface area (Å²) in [5.41, 5.74) is 0.191. The molecular weight excluding hydrogens is 538 g/mol. The first-order valence-corrected chi connectivity index (χ1v) is 16.1. The van der Waals surface area contributed by atoms with E-state index in [0.717, 1.165) is 24.8 Å². The van der Waals surface area contributed by atoms with E-state index in [1.54, 1.807) is 6.07 Å². The highest BCUT2D eigenvalue weighted by Gasteiger charge is 2.64. The SMILES string of the molecule is C[C@]12CCC3c4ccc(O)cc4CCC3C1CC[C@]2(O)C(=O)NCCNC(=O)CC(P(=O)(O)O)P(=O)(O)O. The van der Waals surface area contributed by atoms with Gasteiger partial charge in [0.25, 0.3) is 5.91 Å². The van der Waals surface area contributed by atoms with E-state index in [1.165, 1.54) is 5.56 Å². The molecule has 0 radical (unpaired) electrons. The van der Waals surface area contributed by atoms with Gasteiger partial charge in [0.05, 0.1) is 6.42 Å². The Balaban J connectivity index is 1.34. The second-order valence-electron chi connectivity index (χ2n) is 11.1. The van der Waals surface area contributed by atoms with Gasteiger partial charge in [-0.3, -0.25) is 18.7 Å². The highest BCUT2D eigenvalue weighted by atomic mass is 31.2. The van der Waals surface area contributed by atoms with Crippen LogP contribution in [-0.4, -0.2) is 65.7 Å². The summed E-state index contributed by atoms with van der Waals surface area (Å²) in [6, 6.07) is 5.54. The van der Waals surface area contributed by atoms with Crippen LogP contribution in [0.25, 0.3) is 0 Å². The molecule has 0 aromatic heterocycles. The van der Waals surface area contributed by atoms with E-state index < -0.39 is 49.8 Å². The summed E-state index contributed by atoms with van der Waals surface area (Å²) in [6.45, 7) is 1.75. The molecule has 3 aliphatic rings. The maximum Gasteiger partial charge on any atom is 0.341 e. The summed E-state index contributed by atoms with van der Waals surface area (Å²) in [5.74, 6) is -0.470. The van der Waals surface area contributed by atoms with Gasteiger partial charge in [-0.05, 0) is 79.5 Å². The van der Waals surface area contributed by atoms with Gasteiger partial charge in [0.2, 0.25) is 5.91 Å². The highest BCUT2D eigenvalue weighted by Crippen LogP contribution is 2.64. The summed E-state index contributed by atoms with van der Waals surface area (Å²) in [4.78, 5) is 61.8. The zero-order chi connectivity index (χ0) is 28.1. The molecule has 0 bridgehead atoms. The molecule has 0 spiro atoms. The van der Waals surface area contributed by atoms with Gasteiger partial charge in [0, 0.05) is 18.5 Å². The molecule has 3 unspecified atom stereocenters. The molecule has 1 aromatic rings. The van der Waals surface area contributed by atoms with Crippen LogP contribution in [-0.2, 0) is 25.1 Å². The molecular formula is C24H36N2O10P2. The lowest BCUT2D eigenvalue weighted by atomic mass is 9.53. The van der Waals surface area contributed by atoms with Crippen molar-refractivity contribution in [3.8, 4) is 5.75 Å². The number of fused-ring (bicyclic) bond motifs is 5. The van der Waals surface area contributed by atoms with Crippen LogP contribution in [0.1, 0.15) is 62.5 Å². The molecule has 2 saturated carbocycles. The molecule has 2 fully saturated rings. The van der Waals surface area contributed by atoms with Crippen LogP contribution in [0.3, 0.4) is 0 Å². The van der Waals surface area contributed by atoms with Crippen LogP contribution < -0.4 is 10.6 Å². The number of amides is 2. The summed E-state index contributed by atoms with van der Waals surface area (Å²) in [6.07, 6.45) is 3.19. The van der Waals surface area contributed by atoms with Crippen molar-refractivity contribution < 1.29 is 48.5 Å². The van der Waals surface area contributed by atoms with Gasteiger partial charge >= 0.3 is 15.2 Å². The average Bonchev–Trinajstić information content (AvgIpc) is 3.10. The first kappa shape index (κ1) is 29.2. The Bertz CT molecular complexity index is 1180. The van der Waals surface area contributed by atoms with Crippen LogP contribution in [0, 0.1) is 17.3 Å². The largest absolute Gasteiger partial charge is 0.508 e. The Morgan fingerprint density at radius 2 is 1.68 bits per heavy atom. The number of benzene rings is 1. The van der Waals surface area contributed by atoms with E-state index in [4.69, 9.17) is 19.6 Å². The van der Waals surface area contributed by atoms with Gasteiger partial charge in [0.15, 0.2) is 5.40 Å². The third-order valence-electron chi connectivity index (χ3n) is 9.11. The Kier molecular flexibility index (Phi) is 7.93. The first-order valence-electron chi connectivity index (χ1n) is 12.8. The van der Waals surface area contributed by atoms with E-state index in [0.29, 0.717) is 31.1 Å². The molecule has 0 saturated heterocycles. The van der Waals surface area contributed by atoms with Gasteiger partial charge in [-0.25, -0.2) is 0 Å². The number of hydrogen-bond donors (Lipinski definition) is 8. The Morgan fingerprint density at radius 1 is 1.03 bits per heavy atom. The fraction of sp³-hybridized carbons (Fsp3) is 0.667. The lowest BCUT2D eigenvalue weighted by Gasteiger charge is -2.52. The number of phenols is 1. The molecule has 1 aromatic carbocycles. The summed E-state index contributed by atoms with van der Waals surface area (Å²) < 4.78 is 22.7. The maximum atomic E-state index is 13.2.